The number of rotatable bonds is 9. The molecule has 0 aromatic heterocycles. The van der Waals surface area contributed by atoms with Gasteiger partial charge in [-0.15, -0.1) is 0 Å². The van der Waals surface area contributed by atoms with Crippen LogP contribution in [0.1, 0.15) is 38.7 Å². The summed E-state index contributed by atoms with van der Waals surface area (Å²) in [5.74, 6) is 1.44. The highest BCUT2D eigenvalue weighted by Crippen LogP contribution is 2.12. The van der Waals surface area contributed by atoms with Gasteiger partial charge in [-0.25, -0.2) is 0 Å². The Morgan fingerprint density at radius 1 is 1.38 bits per heavy atom. The Kier molecular flexibility index (Phi) is 7.83. The third-order valence-electron chi connectivity index (χ3n) is 3.21. The molecule has 4 heteroatoms. The van der Waals surface area contributed by atoms with Gasteiger partial charge < -0.3 is 15.8 Å². The minimum absolute atomic E-state index is 0.0546. The summed E-state index contributed by atoms with van der Waals surface area (Å²) in [6.45, 7) is 7.33. The number of aryl methyl sites for hydroxylation is 1. The van der Waals surface area contributed by atoms with Gasteiger partial charge in [0, 0.05) is 19.0 Å². The maximum absolute atomic E-state index is 11.8. The van der Waals surface area contributed by atoms with Gasteiger partial charge in [-0.1, -0.05) is 26.0 Å². The van der Waals surface area contributed by atoms with E-state index in [9.17, 15) is 4.79 Å². The standard InChI is InChI=1S/C17H28N2O2/c1-13(2)10-15(12-18)19-17(20)8-5-9-21-16-7-4-6-14(3)11-16/h4,6-7,11,13,15H,5,8-10,12,18H2,1-3H3,(H,19,20). The molecule has 21 heavy (non-hydrogen) atoms. The number of hydrogen-bond acceptors (Lipinski definition) is 3. The van der Waals surface area contributed by atoms with Crippen molar-refractivity contribution in [3.05, 3.63) is 29.8 Å². The summed E-state index contributed by atoms with van der Waals surface area (Å²) in [7, 11) is 0. The van der Waals surface area contributed by atoms with Crippen LogP contribution in [-0.4, -0.2) is 25.1 Å². The van der Waals surface area contributed by atoms with E-state index in [1.54, 1.807) is 0 Å². The first kappa shape index (κ1) is 17.5. The molecule has 0 heterocycles. The monoisotopic (exact) mass is 292 g/mol. The van der Waals surface area contributed by atoms with Gasteiger partial charge in [-0.3, -0.25) is 4.79 Å². The Balaban J connectivity index is 2.21. The third kappa shape index (κ3) is 7.71. The molecule has 1 rings (SSSR count). The molecule has 1 atom stereocenters. The number of hydrogen-bond donors (Lipinski definition) is 2. The summed E-state index contributed by atoms with van der Waals surface area (Å²) >= 11 is 0. The fourth-order valence-electron chi connectivity index (χ4n) is 2.21. The van der Waals surface area contributed by atoms with Gasteiger partial charge >= 0.3 is 0 Å². The summed E-state index contributed by atoms with van der Waals surface area (Å²) in [5.41, 5.74) is 6.85. The lowest BCUT2D eigenvalue weighted by molar-refractivity contribution is -0.122. The fraction of sp³-hybridized carbons (Fsp3) is 0.588. The minimum Gasteiger partial charge on any atom is -0.494 e. The minimum atomic E-state index is 0.0546. The first-order chi connectivity index (χ1) is 10.0. The van der Waals surface area contributed by atoms with Crippen LogP contribution in [0, 0.1) is 12.8 Å². The predicted octanol–water partition coefficient (Wildman–Crippen LogP) is 2.64. The smallest absolute Gasteiger partial charge is 0.220 e. The molecular formula is C17H28N2O2. The molecule has 0 aliphatic carbocycles. The Labute approximate surface area is 128 Å². The van der Waals surface area contributed by atoms with Crippen molar-refractivity contribution in [1.29, 1.82) is 0 Å². The van der Waals surface area contributed by atoms with E-state index in [4.69, 9.17) is 10.5 Å². The summed E-state index contributed by atoms with van der Waals surface area (Å²) < 4.78 is 5.63. The van der Waals surface area contributed by atoms with E-state index in [0.29, 0.717) is 31.9 Å². The van der Waals surface area contributed by atoms with Crippen LogP contribution in [0.15, 0.2) is 24.3 Å². The second kappa shape index (κ2) is 9.40. The van der Waals surface area contributed by atoms with Crippen LogP contribution in [0.2, 0.25) is 0 Å². The highest BCUT2D eigenvalue weighted by Gasteiger charge is 2.12. The number of carbonyl (C=O) groups is 1. The van der Waals surface area contributed by atoms with Crippen LogP contribution in [0.4, 0.5) is 0 Å². The van der Waals surface area contributed by atoms with Crippen molar-refractivity contribution in [3.8, 4) is 5.75 Å². The summed E-state index contributed by atoms with van der Waals surface area (Å²) in [5, 5.41) is 2.99. The van der Waals surface area contributed by atoms with E-state index < -0.39 is 0 Å². The molecule has 1 aromatic rings. The second-order valence-electron chi connectivity index (χ2n) is 5.90. The van der Waals surface area contributed by atoms with Crippen molar-refractivity contribution < 1.29 is 9.53 Å². The Morgan fingerprint density at radius 3 is 2.76 bits per heavy atom. The van der Waals surface area contributed by atoms with Crippen LogP contribution >= 0.6 is 0 Å². The molecule has 3 N–H and O–H groups in total. The summed E-state index contributed by atoms with van der Waals surface area (Å²) in [6.07, 6.45) is 2.10. The van der Waals surface area contributed by atoms with E-state index in [1.165, 1.54) is 5.56 Å². The lowest BCUT2D eigenvalue weighted by atomic mass is 10.0. The van der Waals surface area contributed by atoms with Crippen molar-refractivity contribution in [3.63, 3.8) is 0 Å². The fourth-order valence-corrected chi connectivity index (χ4v) is 2.21. The molecular weight excluding hydrogens is 264 g/mol. The molecule has 0 bridgehead atoms. The second-order valence-corrected chi connectivity index (χ2v) is 5.90. The molecule has 0 aliphatic rings. The van der Waals surface area contributed by atoms with Crippen molar-refractivity contribution in [2.45, 2.75) is 46.1 Å². The lowest BCUT2D eigenvalue weighted by Gasteiger charge is -2.18. The molecule has 0 saturated heterocycles. The molecule has 0 aliphatic heterocycles. The largest absolute Gasteiger partial charge is 0.494 e. The van der Waals surface area contributed by atoms with Gasteiger partial charge in [0.05, 0.1) is 6.61 Å². The topological polar surface area (TPSA) is 64.3 Å². The predicted molar refractivity (Wildman–Crippen MR) is 86.3 cm³/mol. The average Bonchev–Trinajstić information content (AvgIpc) is 2.42. The molecule has 0 spiro atoms. The van der Waals surface area contributed by atoms with Gasteiger partial charge in [-0.05, 0) is 43.4 Å². The van der Waals surface area contributed by atoms with E-state index in [1.807, 2.05) is 31.2 Å². The number of nitrogens with two attached hydrogens (primary N) is 1. The van der Waals surface area contributed by atoms with Crippen molar-refractivity contribution >= 4 is 5.91 Å². The third-order valence-corrected chi connectivity index (χ3v) is 3.21. The Morgan fingerprint density at radius 2 is 2.14 bits per heavy atom. The van der Waals surface area contributed by atoms with Gasteiger partial charge in [0.15, 0.2) is 0 Å². The maximum Gasteiger partial charge on any atom is 0.220 e. The van der Waals surface area contributed by atoms with E-state index >= 15 is 0 Å². The van der Waals surface area contributed by atoms with E-state index in [0.717, 1.165) is 12.2 Å². The number of amides is 1. The number of ether oxygens (including phenoxy) is 1. The first-order valence-corrected chi connectivity index (χ1v) is 7.70. The first-order valence-electron chi connectivity index (χ1n) is 7.70. The quantitative estimate of drug-likeness (QED) is 0.688. The van der Waals surface area contributed by atoms with Crippen molar-refractivity contribution in [1.82, 2.24) is 5.32 Å². The molecule has 1 aromatic carbocycles. The van der Waals surface area contributed by atoms with E-state index in [-0.39, 0.29) is 11.9 Å². The normalized spacial score (nSPS) is 12.2. The van der Waals surface area contributed by atoms with Gasteiger partial charge in [-0.2, -0.15) is 0 Å². The van der Waals surface area contributed by atoms with Crippen molar-refractivity contribution in [2.24, 2.45) is 11.7 Å². The number of benzene rings is 1. The van der Waals surface area contributed by atoms with Crippen LogP contribution in [0.25, 0.3) is 0 Å². The molecule has 0 radical (unpaired) electrons. The highest BCUT2D eigenvalue weighted by molar-refractivity contribution is 5.76. The molecule has 0 fully saturated rings. The maximum atomic E-state index is 11.8. The van der Waals surface area contributed by atoms with Gasteiger partial charge in [0.2, 0.25) is 5.91 Å². The summed E-state index contributed by atoms with van der Waals surface area (Å²) in [4.78, 5) is 11.8. The molecule has 4 nitrogen and oxygen atoms in total. The Hall–Kier alpha value is -1.55. The molecule has 1 amide bonds. The highest BCUT2D eigenvalue weighted by atomic mass is 16.5. The van der Waals surface area contributed by atoms with Gasteiger partial charge in [0.25, 0.3) is 0 Å². The molecule has 118 valence electrons. The zero-order valence-electron chi connectivity index (χ0n) is 13.4. The van der Waals surface area contributed by atoms with Crippen LogP contribution in [-0.2, 0) is 4.79 Å². The lowest BCUT2D eigenvalue weighted by Crippen LogP contribution is -2.41. The molecule has 1 unspecified atom stereocenters. The van der Waals surface area contributed by atoms with Crippen LogP contribution in [0.5, 0.6) is 5.75 Å². The van der Waals surface area contributed by atoms with Crippen molar-refractivity contribution in [2.75, 3.05) is 13.2 Å². The van der Waals surface area contributed by atoms with Crippen LogP contribution < -0.4 is 15.8 Å². The zero-order valence-corrected chi connectivity index (χ0v) is 13.4. The van der Waals surface area contributed by atoms with Gasteiger partial charge in [0.1, 0.15) is 5.75 Å². The Bertz CT molecular complexity index is 433. The SMILES string of the molecule is Cc1cccc(OCCCC(=O)NC(CN)CC(C)C)c1. The van der Waals surface area contributed by atoms with E-state index in [2.05, 4.69) is 19.2 Å². The summed E-state index contributed by atoms with van der Waals surface area (Å²) in [6, 6.07) is 8.00. The number of carbonyl (C=O) groups excluding carboxylic acids is 1. The number of nitrogens with one attached hydrogen (secondary N) is 1. The zero-order chi connectivity index (χ0) is 15.7. The average molecular weight is 292 g/mol. The van der Waals surface area contributed by atoms with Crippen LogP contribution in [0.3, 0.4) is 0 Å². The molecule has 0 saturated carbocycles.